The fourth-order valence-electron chi connectivity index (χ4n) is 3.72. The van der Waals surface area contributed by atoms with Crippen molar-refractivity contribution in [1.29, 1.82) is 0 Å². The van der Waals surface area contributed by atoms with Crippen molar-refractivity contribution in [3.8, 4) is 0 Å². The summed E-state index contributed by atoms with van der Waals surface area (Å²) < 4.78 is 0. The van der Waals surface area contributed by atoms with Crippen LogP contribution in [-0.2, 0) is 4.79 Å². The van der Waals surface area contributed by atoms with Gasteiger partial charge < -0.3 is 10.2 Å². The fourth-order valence-corrected chi connectivity index (χ4v) is 3.72. The van der Waals surface area contributed by atoms with Gasteiger partial charge in [-0.3, -0.25) is 9.69 Å². The van der Waals surface area contributed by atoms with E-state index in [4.69, 9.17) is 5.11 Å². The summed E-state index contributed by atoms with van der Waals surface area (Å²) in [5.74, 6) is -0.408. The van der Waals surface area contributed by atoms with Crippen molar-refractivity contribution in [3.05, 3.63) is 12.2 Å². The van der Waals surface area contributed by atoms with Gasteiger partial charge in [-0.1, -0.05) is 12.2 Å². The van der Waals surface area contributed by atoms with E-state index in [1.807, 2.05) is 6.92 Å². The molecule has 2 unspecified atom stereocenters. The van der Waals surface area contributed by atoms with E-state index in [0.29, 0.717) is 18.8 Å². The average molecular weight is 281 g/mol. The van der Waals surface area contributed by atoms with Gasteiger partial charge in [-0.25, -0.2) is 0 Å². The molecule has 1 saturated heterocycles. The van der Waals surface area contributed by atoms with Crippen molar-refractivity contribution >= 4 is 5.97 Å². The molecule has 3 atom stereocenters. The molecule has 2 rings (SSSR count). The number of hydrogen-bond donors (Lipinski definition) is 2. The number of hydrogen-bond acceptors (Lipinski definition) is 3. The van der Waals surface area contributed by atoms with Crippen LogP contribution in [0.3, 0.4) is 0 Å². The Morgan fingerprint density at radius 2 is 1.85 bits per heavy atom. The third kappa shape index (κ3) is 3.23. The highest BCUT2D eigenvalue weighted by Crippen LogP contribution is 2.39. The third-order valence-electron chi connectivity index (χ3n) is 5.24. The van der Waals surface area contributed by atoms with Gasteiger partial charge in [-0.2, -0.15) is 0 Å². The molecule has 0 aromatic rings. The van der Waals surface area contributed by atoms with Gasteiger partial charge >= 0.3 is 5.97 Å². The molecule has 1 aliphatic heterocycles. The van der Waals surface area contributed by atoms with E-state index < -0.39 is 11.6 Å². The quantitative estimate of drug-likeness (QED) is 0.779. The Labute approximate surface area is 121 Å². The summed E-state index contributed by atoms with van der Waals surface area (Å²) in [5.41, 5.74) is 0.535. The monoisotopic (exact) mass is 281 g/mol. The first kappa shape index (κ1) is 15.5. The second-order valence-corrected chi connectivity index (χ2v) is 6.84. The van der Waals surface area contributed by atoms with E-state index in [2.05, 4.69) is 18.4 Å². The number of likely N-dealkylation sites (tertiary alicyclic amines) is 1. The highest BCUT2D eigenvalue weighted by Gasteiger charge is 2.43. The standard InChI is InChI=1S/C16H27NO3/c1-11(2)13-4-7-16(3,20)14(10-13)17-8-5-12(6-9-17)15(18)19/h12-14,20H,1,4-10H2,2-3H3,(H,18,19)/t13-,14?,16?/m1/s1. The van der Waals surface area contributed by atoms with Crippen LogP contribution in [0.15, 0.2) is 12.2 Å². The van der Waals surface area contributed by atoms with Crippen LogP contribution >= 0.6 is 0 Å². The van der Waals surface area contributed by atoms with Gasteiger partial charge in [0.15, 0.2) is 0 Å². The van der Waals surface area contributed by atoms with Gasteiger partial charge in [0.25, 0.3) is 0 Å². The molecule has 2 aliphatic rings. The van der Waals surface area contributed by atoms with Crippen molar-refractivity contribution in [2.75, 3.05) is 13.1 Å². The van der Waals surface area contributed by atoms with E-state index in [1.165, 1.54) is 5.57 Å². The number of piperidine rings is 1. The summed E-state index contributed by atoms with van der Waals surface area (Å²) >= 11 is 0. The molecule has 1 heterocycles. The molecule has 1 saturated carbocycles. The normalized spacial score (nSPS) is 36.8. The predicted octanol–water partition coefficient (Wildman–Crippen LogP) is 2.28. The van der Waals surface area contributed by atoms with Crippen LogP contribution in [0.5, 0.6) is 0 Å². The lowest BCUT2D eigenvalue weighted by molar-refractivity contribution is -0.144. The van der Waals surface area contributed by atoms with Crippen molar-refractivity contribution < 1.29 is 15.0 Å². The molecule has 114 valence electrons. The molecule has 0 spiro atoms. The minimum absolute atomic E-state index is 0.132. The van der Waals surface area contributed by atoms with Crippen LogP contribution in [0.25, 0.3) is 0 Å². The van der Waals surface area contributed by atoms with Crippen LogP contribution in [0.2, 0.25) is 0 Å². The zero-order chi connectivity index (χ0) is 14.9. The third-order valence-corrected chi connectivity index (χ3v) is 5.24. The highest BCUT2D eigenvalue weighted by molar-refractivity contribution is 5.70. The van der Waals surface area contributed by atoms with Gasteiger partial charge in [-0.05, 0) is 65.0 Å². The summed E-state index contributed by atoms with van der Waals surface area (Å²) in [6, 6.07) is 0.132. The number of carboxylic acids is 1. The Morgan fingerprint density at radius 1 is 1.25 bits per heavy atom. The van der Waals surface area contributed by atoms with Crippen molar-refractivity contribution in [2.45, 2.75) is 57.6 Å². The van der Waals surface area contributed by atoms with Gasteiger partial charge in [0.1, 0.15) is 0 Å². The van der Waals surface area contributed by atoms with Crippen LogP contribution in [0, 0.1) is 11.8 Å². The number of aliphatic carboxylic acids is 1. The maximum absolute atomic E-state index is 11.0. The summed E-state index contributed by atoms with van der Waals surface area (Å²) in [4.78, 5) is 13.3. The van der Waals surface area contributed by atoms with Gasteiger partial charge in [0, 0.05) is 6.04 Å². The Morgan fingerprint density at radius 3 is 2.35 bits per heavy atom. The Hall–Kier alpha value is -0.870. The zero-order valence-corrected chi connectivity index (χ0v) is 12.6. The van der Waals surface area contributed by atoms with Crippen LogP contribution in [0.4, 0.5) is 0 Å². The highest BCUT2D eigenvalue weighted by atomic mass is 16.4. The van der Waals surface area contributed by atoms with Gasteiger partial charge in [-0.15, -0.1) is 0 Å². The molecule has 2 fully saturated rings. The first-order valence-electron chi connectivity index (χ1n) is 7.66. The second-order valence-electron chi connectivity index (χ2n) is 6.84. The van der Waals surface area contributed by atoms with Gasteiger partial charge in [0.2, 0.25) is 0 Å². The largest absolute Gasteiger partial charge is 0.481 e. The molecule has 2 N–H and O–H groups in total. The van der Waals surface area contributed by atoms with E-state index in [-0.39, 0.29) is 12.0 Å². The molecule has 0 bridgehead atoms. The number of rotatable bonds is 3. The lowest BCUT2D eigenvalue weighted by atomic mass is 9.72. The van der Waals surface area contributed by atoms with E-state index in [1.54, 1.807) is 0 Å². The Bertz CT molecular complexity index is 383. The molecule has 0 radical (unpaired) electrons. The lowest BCUT2D eigenvalue weighted by Crippen LogP contribution is -2.56. The molecule has 0 aromatic heterocycles. The SMILES string of the molecule is C=C(C)[C@@H]1CCC(C)(O)C(N2CCC(C(=O)O)CC2)C1. The van der Waals surface area contributed by atoms with Crippen LogP contribution < -0.4 is 0 Å². The van der Waals surface area contributed by atoms with Crippen LogP contribution in [0.1, 0.15) is 46.0 Å². The van der Waals surface area contributed by atoms with Gasteiger partial charge in [0.05, 0.1) is 11.5 Å². The second kappa shape index (κ2) is 5.86. The van der Waals surface area contributed by atoms with E-state index in [0.717, 1.165) is 32.4 Å². The van der Waals surface area contributed by atoms with E-state index >= 15 is 0 Å². The number of allylic oxidation sites excluding steroid dienone is 1. The Kier molecular flexibility index (Phi) is 4.55. The molecule has 20 heavy (non-hydrogen) atoms. The first-order valence-corrected chi connectivity index (χ1v) is 7.66. The molecular formula is C16H27NO3. The van der Waals surface area contributed by atoms with E-state index in [9.17, 15) is 9.90 Å². The molecular weight excluding hydrogens is 254 g/mol. The summed E-state index contributed by atoms with van der Waals surface area (Å²) in [7, 11) is 0. The van der Waals surface area contributed by atoms with Crippen molar-refractivity contribution in [2.24, 2.45) is 11.8 Å². The smallest absolute Gasteiger partial charge is 0.306 e. The van der Waals surface area contributed by atoms with Crippen molar-refractivity contribution in [3.63, 3.8) is 0 Å². The topological polar surface area (TPSA) is 60.8 Å². The first-order chi connectivity index (χ1) is 9.31. The molecule has 1 aliphatic carbocycles. The summed E-state index contributed by atoms with van der Waals surface area (Å²) in [6.07, 6.45) is 4.14. The molecule has 0 amide bonds. The maximum atomic E-state index is 11.0. The summed E-state index contributed by atoms with van der Waals surface area (Å²) in [5, 5.41) is 19.7. The van der Waals surface area contributed by atoms with Crippen molar-refractivity contribution in [1.82, 2.24) is 4.90 Å². The molecule has 4 heteroatoms. The minimum Gasteiger partial charge on any atom is -0.481 e. The number of nitrogens with zero attached hydrogens (tertiary/aromatic N) is 1. The molecule has 4 nitrogen and oxygen atoms in total. The Balaban J connectivity index is 2.02. The van der Waals surface area contributed by atoms with Crippen LogP contribution in [-0.4, -0.2) is 45.8 Å². The lowest BCUT2D eigenvalue weighted by Gasteiger charge is -2.48. The predicted molar refractivity (Wildman–Crippen MR) is 78.5 cm³/mol. The average Bonchev–Trinajstić information content (AvgIpc) is 2.38. The zero-order valence-electron chi connectivity index (χ0n) is 12.6. The maximum Gasteiger partial charge on any atom is 0.306 e. The fraction of sp³-hybridized carbons (Fsp3) is 0.812. The number of carboxylic acid groups (broad SMARTS) is 1. The molecule has 0 aromatic carbocycles. The minimum atomic E-state index is -0.681. The summed E-state index contributed by atoms with van der Waals surface area (Å²) in [6.45, 7) is 9.61. The number of aliphatic hydroxyl groups is 1. The number of carbonyl (C=O) groups is 1.